The number of aromatic nitrogens is 3. The first-order chi connectivity index (χ1) is 12.1. The first-order valence-corrected chi connectivity index (χ1v) is 7.96. The largest absolute Gasteiger partial charge is 0.347 e. The van der Waals surface area contributed by atoms with Crippen molar-refractivity contribution in [1.82, 2.24) is 20.3 Å². The molecule has 2 N–H and O–H groups in total. The van der Waals surface area contributed by atoms with E-state index in [1.807, 2.05) is 44.2 Å². The van der Waals surface area contributed by atoms with E-state index >= 15 is 0 Å². The number of hydrogen-bond donors (Lipinski definition) is 2. The number of carbonyl (C=O) groups excluding carboxylic acids is 1. The average molecular weight is 333 g/mol. The molecule has 0 aliphatic heterocycles. The lowest BCUT2D eigenvalue weighted by molar-refractivity contribution is 0.0946. The Morgan fingerprint density at radius 1 is 1.08 bits per heavy atom. The molecule has 0 atom stereocenters. The summed E-state index contributed by atoms with van der Waals surface area (Å²) < 4.78 is 0. The number of carbonyl (C=O) groups is 1. The first-order valence-electron chi connectivity index (χ1n) is 7.96. The summed E-state index contributed by atoms with van der Waals surface area (Å²) in [6, 6.07) is 11.4. The maximum Gasteiger partial charge on any atom is 0.270 e. The second kappa shape index (κ2) is 7.53. The number of anilines is 2. The summed E-state index contributed by atoms with van der Waals surface area (Å²) in [6.07, 6.45) is 4.80. The molecular weight excluding hydrogens is 314 g/mol. The number of pyridine rings is 1. The Morgan fingerprint density at radius 3 is 2.60 bits per heavy atom. The molecule has 3 aromatic rings. The molecule has 126 valence electrons. The smallest absolute Gasteiger partial charge is 0.270 e. The van der Waals surface area contributed by atoms with Gasteiger partial charge in [-0.3, -0.25) is 9.78 Å². The van der Waals surface area contributed by atoms with E-state index in [-0.39, 0.29) is 5.91 Å². The summed E-state index contributed by atoms with van der Waals surface area (Å²) in [6.45, 7) is 4.45. The van der Waals surface area contributed by atoms with E-state index in [0.29, 0.717) is 18.1 Å². The van der Waals surface area contributed by atoms with Crippen LogP contribution in [0.1, 0.15) is 27.2 Å². The third kappa shape index (κ3) is 4.17. The van der Waals surface area contributed by atoms with Crippen LogP contribution >= 0.6 is 0 Å². The Kier molecular flexibility index (Phi) is 4.99. The van der Waals surface area contributed by atoms with E-state index in [4.69, 9.17) is 0 Å². The van der Waals surface area contributed by atoms with E-state index in [2.05, 4.69) is 25.6 Å². The maximum atomic E-state index is 12.3. The van der Waals surface area contributed by atoms with Gasteiger partial charge >= 0.3 is 0 Å². The number of amides is 1. The Bertz CT molecular complexity index is 860. The fourth-order valence-electron chi connectivity index (χ4n) is 2.47. The highest BCUT2D eigenvalue weighted by Gasteiger charge is 2.10. The van der Waals surface area contributed by atoms with Gasteiger partial charge in [0, 0.05) is 30.7 Å². The quantitative estimate of drug-likeness (QED) is 0.750. The van der Waals surface area contributed by atoms with Crippen LogP contribution in [0.25, 0.3) is 0 Å². The Morgan fingerprint density at radius 2 is 1.88 bits per heavy atom. The van der Waals surface area contributed by atoms with Gasteiger partial charge in [-0.05, 0) is 36.6 Å². The summed E-state index contributed by atoms with van der Waals surface area (Å²) in [5, 5.41) is 6.10. The highest BCUT2D eigenvalue weighted by molar-refractivity contribution is 5.93. The van der Waals surface area contributed by atoms with Crippen LogP contribution in [0.2, 0.25) is 0 Å². The van der Waals surface area contributed by atoms with Gasteiger partial charge in [0.1, 0.15) is 17.8 Å². The lowest BCUT2D eigenvalue weighted by atomic mass is 10.1. The van der Waals surface area contributed by atoms with Crippen LogP contribution in [0.4, 0.5) is 11.5 Å². The SMILES string of the molecule is Cc1cccc(C)c1Nc1cc(C(=O)NCc2cccnc2)ncn1. The zero-order chi connectivity index (χ0) is 17.6. The lowest BCUT2D eigenvalue weighted by Crippen LogP contribution is -2.24. The molecule has 1 aromatic carbocycles. The van der Waals surface area contributed by atoms with E-state index in [1.165, 1.54) is 6.33 Å². The Hall–Kier alpha value is -3.28. The number of benzene rings is 1. The Balaban J connectivity index is 1.72. The van der Waals surface area contributed by atoms with Crippen molar-refractivity contribution in [2.24, 2.45) is 0 Å². The fourth-order valence-corrected chi connectivity index (χ4v) is 2.47. The number of rotatable bonds is 5. The topological polar surface area (TPSA) is 79.8 Å². The van der Waals surface area contributed by atoms with Crippen molar-refractivity contribution in [2.75, 3.05) is 5.32 Å². The molecule has 6 nitrogen and oxygen atoms in total. The minimum Gasteiger partial charge on any atom is -0.347 e. The second-order valence-corrected chi connectivity index (χ2v) is 5.72. The summed E-state index contributed by atoms with van der Waals surface area (Å²) in [5.41, 5.74) is 4.46. The van der Waals surface area contributed by atoms with Crippen LogP contribution in [0, 0.1) is 13.8 Å². The molecule has 3 rings (SSSR count). The molecule has 0 spiro atoms. The molecule has 25 heavy (non-hydrogen) atoms. The minimum absolute atomic E-state index is 0.254. The molecule has 0 radical (unpaired) electrons. The van der Waals surface area contributed by atoms with E-state index in [9.17, 15) is 4.79 Å². The second-order valence-electron chi connectivity index (χ2n) is 5.72. The van der Waals surface area contributed by atoms with Gasteiger partial charge < -0.3 is 10.6 Å². The third-order valence-electron chi connectivity index (χ3n) is 3.81. The van der Waals surface area contributed by atoms with Gasteiger partial charge in [0.2, 0.25) is 0 Å². The zero-order valence-electron chi connectivity index (χ0n) is 14.2. The van der Waals surface area contributed by atoms with Gasteiger partial charge in [0.15, 0.2) is 0 Å². The molecule has 0 aliphatic carbocycles. The van der Waals surface area contributed by atoms with Gasteiger partial charge in [-0.25, -0.2) is 9.97 Å². The summed E-state index contributed by atoms with van der Waals surface area (Å²) >= 11 is 0. The summed E-state index contributed by atoms with van der Waals surface area (Å²) in [4.78, 5) is 24.6. The molecule has 0 saturated carbocycles. The lowest BCUT2D eigenvalue weighted by Gasteiger charge is -2.12. The monoisotopic (exact) mass is 333 g/mol. The molecule has 0 aliphatic rings. The van der Waals surface area contributed by atoms with Crippen molar-refractivity contribution in [3.63, 3.8) is 0 Å². The van der Waals surface area contributed by atoms with Crippen molar-refractivity contribution in [2.45, 2.75) is 20.4 Å². The van der Waals surface area contributed by atoms with Gasteiger partial charge in [0.05, 0.1) is 0 Å². The minimum atomic E-state index is -0.254. The van der Waals surface area contributed by atoms with Crippen molar-refractivity contribution in [1.29, 1.82) is 0 Å². The van der Waals surface area contributed by atoms with Crippen LogP contribution in [0.15, 0.2) is 55.1 Å². The zero-order valence-corrected chi connectivity index (χ0v) is 14.2. The molecule has 0 fully saturated rings. The van der Waals surface area contributed by atoms with Crippen LogP contribution in [-0.4, -0.2) is 20.9 Å². The maximum absolute atomic E-state index is 12.3. The predicted octanol–water partition coefficient (Wildman–Crippen LogP) is 3.16. The van der Waals surface area contributed by atoms with Crippen LogP contribution in [0.5, 0.6) is 0 Å². The van der Waals surface area contributed by atoms with Gasteiger partial charge in [-0.1, -0.05) is 24.3 Å². The van der Waals surface area contributed by atoms with Crippen LogP contribution in [-0.2, 0) is 6.54 Å². The van der Waals surface area contributed by atoms with E-state index in [1.54, 1.807) is 18.5 Å². The van der Waals surface area contributed by atoms with E-state index in [0.717, 1.165) is 22.4 Å². The van der Waals surface area contributed by atoms with Crippen molar-refractivity contribution >= 4 is 17.4 Å². The average Bonchev–Trinajstić information content (AvgIpc) is 2.64. The summed E-state index contributed by atoms with van der Waals surface area (Å²) in [5.74, 6) is 0.328. The fraction of sp³-hybridized carbons (Fsp3) is 0.158. The molecule has 1 amide bonds. The molecule has 6 heteroatoms. The molecular formula is C19H19N5O. The number of nitrogens with one attached hydrogen (secondary N) is 2. The highest BCUT2D eigenvalue weighted by Crippen LogP contribution is 2.23. The molecule has 2 heterocycles. The molecule has 0 bridgehead atoms. The van der Waals surface area contributed by atoms with Crippen molar-refractivity contribution in [3.8, 4) is 0 Å². The van der Waals surface area contributed by atoms with Gasteiger partial charge in [-0.2, -0.15) is 0 Å². The predicted molar refractivity (Wildman–Crippen MR) is 96.6 cm³/mol. The Labute approximate surface area is 146 Å². The van der Waals surface area contributed by atoms with Gasteiger partial charge in [0.25, 0.3) is 5.91 Å². The van der Waals surface area contributed by atoms with E-state index < -0.39 is 0 Å². The first kappa shape index (κ1) is 16.6. The summed E-state index contributed by atoms with van der Waals surface area (Å²) in [7, 11) is 0. The normalized spacial score (nSPS) is 10.3. The number of para-hydroxylation sites is 1. The molecule has 2 aromatic heterocycles. The van der Waals surface area contributed by atoms with Crippen LogP contribution < -0.4 is 10.6 Å². The molecule has 0 saturated heterocycles. The van der Waals surface area contributed by atoms with Crippen molar-refractivity contribution in [3.05, 3.63) is 77.5 Å². The standard InChI is InChI=1S/C19H19N5O/c1-13-5-3-6-14(2)18(13)24-17-9-16(22-12-23-17)19(25)21-11-15-7-4-8-20-10-15/h3-10,12H,11H2,1-2H3,(H,21,25)(H,22,23,24). The third-order valence-corrected chi connectivity index (χ3v) is 3.81. The number of hydrogen-bond acceptors (Lipinski definition) is 5. The van der Waals surface area contributed by atoms with Crippen LogP contribution in [0.3, 0.4) is 0 Å². The highest BCUT2D eigenvalue weighted by atomic mass is 16.1. The van der Waals surface area contributed by atoms with Gasteiger partial charge in [-0.15, -0.1) is 0 Å². The molecule has 0 unspecified atom stereocenters. The number of nitrogens with zero attached hydrogens (tertiary/aromatic N) is 3. The van der Waals surface area contributed by atoms with Crippen molar-refractivity contribution < 1.29 is 4.79 Å². The number of aryl methyl sites for hydroxylation is 2.